The zero-order valence-corrected chi connectivity index (χ0v) is 17.1. The predicted molar refractivity (Wildman–Crippen MR) is 108 cm³/mol. The van der Waals surface area contributed by atoms with E-state index in [1.807, 2.05) is 7.05 Å². The van der Waals surface area contributed by atoms with E-state index in [0.717, 1.165) is 64.6 Å². The number of amides is 1. The van der Waals surface area contributed by atoms with Crippen molar-refractivity contribution in [2.24, 2.45) is 16.8 Å². The molecule has 0 radical (unpaired) electrons. The molecule has 0 aromatic carbocycles. The Bertz CT molecular complexity index is 435. The maximum atomic E-state index is 12.5. The van der Waals surface area contributed by atoms with Crippen LogP contribution in [-0.2, 0) is 4.79 Å². The van der Waals surface area contributed by atoms with Crippen LogP contribution in [0.5, 0.6) is 0 Å². The zero-order chi connectivity index (χ0) is 18.8. The molecular weight excluding hydrogens is 326 g/mol. The van der Waals surface area contributed by atoms with Gasteiger partial charge in [-0.3, -0.25) is 14.7 Å². The minimum Gasteiger partial charge on any atom is -0.356 e. The van der Waals surface area contributed by atoms with Crippen molar-refractivity contribution in [1.29, 1.82) is 0 Å². The van der Waals surface area contributed by atoms with E-state index in [9.17, 15) is 4.79 Å². The van der Waals surface area contributed by atoms with Crippen LogP contribution < -0.4 is 10.6 Å². The number of hydrogen-bond donors (Lipinski definition) is 2. The van der Waals surface area contributed by atoms with E-state index in [4.69, 9.17) is 0 Å². The quantitative estimate of drug-likeness (QED) is 0.510. The van der Waals surface area contributed by atoms with Crippen molar-refractivity contribution in [3.05, 3.63) is 0 Å². The second kappa shape index (κ2) is 11.4. The highest BCUT2D eigenvalue weighted by atomic mass is 16.2. The molecule has 1 heterocycles. The number of rotatable bonds is 8. The Balaban J connectivity index is 1.61. The molecule has 0 atom stereocenters. The number of nitrogens with one attached hydrogen (secondary N) is 2. The maximum absolute atomic E-state index is 12.5. The van der Waals surface area contributed by atoms with Gasteiger partial charge in [0.15, 0.2) is 5.96 Å². The lowest BCUT2D eigenvalue weighted by Crippen LogP contribution is -2.52. The van der Waals surface area contributed by atoms with E-state index in [1.165, 1.54) is 25.7 Å². The van der Waals surface area contributed by atoms with Crippen molar-refractivity contribution in [3.8, 4) is 0 Å². The van der Waals surface area contributed by atoms with Crippen molar-refractivity contribution >= 4 is 11.9 Å². The second-order valence-electron chi connectivity index (χ2n) is 7.71. The summed E-state index contributed by atoms with van der Waals surface area (Å²) in [5.41, 5.74) is 0. The van der Waals surface area contributed by atoms with Gasteiger partial charge in [-0.15, -0.1) is 0 Å². The monoisotopic (exact) mass is 365 g/mol. The molecule has 1 saturated heterocycles. The Hall–Kier alpha value is -1.30. The molecule has 6 nitrogen and oxygen atoms in total. The van der Waals surface area contributed by atoms with Crippen LogP contribution in [0.4, 0.5) is 0 Å². The molecule has 0 aromatic rings. The van der Waals surface area contributed by atoms with Crippen LogP contribution in [-0.4, -0.2) is 74.5 Å². The molecule has 150 valence electrons. The zero-order valence-electron chi connectivity index (χ0n) is 17.1. The molecule has 1 aliphatic heterocycles. The third-order valence-electron chi connectivity index (χ3n) is 6.05. The average Bonchev–Trinajstić information content (AvgIpc) is 3.22. The van der Waals surface area contributed by atoms with Gasteiger partial charge in [0.2, 0.25) is 5.91 Å². The van der Waals surface area contributed by atoms with E-state index in [2.05, 4.69) is 39.3 Å². The average molecular weight is 366 g/mol. The molecule has 0 bridgehead atoms. The number of aliphatic imine (C=N–C) groups is 1. The number of piperazine rings is 1. The van der Waals surface area contributed by atoms with Crippen LogP contribution in [0.3, 0.4) is 0 Å². The summed E-state index contributed by atoms with van der Waals surface area (Å²) in [7, 11) is 1.83. The molecule has 0 unspecified atom stereocenters. The summed E-state index contributed by atoms with van der Waals surface area (Å²) in [4.78, 5) is 21.3. The second-order valence-corrected chi connectivity index (χ2v) is 7.71. The maximum Gasteiger partial charge on any atom is 0.225 e. The minimum atomic E-state index is 0.313. The minimum absolute atomic E-state index is 0.313. The Morgan fingerprint density at radius 1 is 1.08 bits per heavy atom. The molecule has 6 heteroatoms. The Morgan fingerprint density at radius 2 is 1.73 bits per heavy atom. The standard InChI is InChI=1S/C20H39N5O/c1-4-17(5-2)16-23-20(21-3)22-10-11-24-12-14-25(15-13-24)19(26)18-8-6-7-9-18/h17-18H,4-16H2,1-3H3,(H2,21,22,23). The number of guanidine groups is 1. The first kappa shape index (κ1) is 21.0. The summed E-state index contributed by atoms with van der Waals surface area (Å²) >= 11 is 0. The summed E-state index contributed by atoms with van der Waals surface area (Å²) in [6.45, 7) is 11.1. The molecule has 1 aliphatic carbocycles. The van der Waals surface area contributed by atoms with Crippen LogP contribution in [0.25, 0.3) is 0 Å². The highest BCUT2D eigenvalue weighted by molar-refractivity contribution is 5.79. The lowest BCUT2D eigenvalue weighted by molar-refractivity contribution is -0.137. The highest BCUT2D eigenvalue weighted by Crippen LogP contribution is 2.26. The van der Waals surface area contributed by atoms with Crippen molar-refractivity contribution in [1.82, 2.24) is 20.4 Å². The van der Waals surface area contributed by atoms with Crippen molar-refractivity contribution < 1.29 is 4.79 Å². The molecule has 0 aromatic heterocycles. The highest BCUT2D eigenvalue weighted by Gasteiger charge is 2.29. The normalized spacial score (nSPS) is 20.0. The lowest BCUT2D eigenvalue weighted by Gasteiger charge is -2.36. The van der Waals surface area contributed by atoms with E-state index in [-0.39, 0.29) is 0 Å². The number of carbonyl (C=O) groups excluding carboxylic acids is 1. The van der Waals surface area contributed by atoms with Gasteiger partial charge in [0, 0.05) is 58.8 Å². The fourth-order valence-electron chi connectivity index (χ4n) is 3.99. The molecule has 26 heavy (non-hydrogen) atoms. The van der Waals surface area contributed by atoms with Crippen LogP contribution in [0.1, 0.15) is 52.4 Å². The van der Waals surface area contributed by atoms with Gasteiger partial charge in [-0.2, -0.15) is 0 Å². The molecule has 2 aliphatic rings. The summed E-state index contributed by atoms with van der Waals surface area (Å²) in [6.07, 6.45) is 7.07. The summed E-state index contributed by atoms with van der Waals surface area (Å²) in [6, 6.07) is 0. The fraction of sp³-hybridized carbons (Fsp3) is 0.900. The molecule has 1 saturated carbocycles. The topological polar surface area (TPSA) is 60.0 Å². The Morgan fingerprint density at radius 3 is 2.31 bits per heavy atom. The Kier molecular flexibility index (Phi) is 9.23. The van der Waals surface area contributed by atoms with Crippen LogP contribution in [0, 0.1) is 11.8 Å². The Labute approximate surface area is 159 Å². The molecular formula is C20H39N5O. The first-order valence-corrected chi connectivity index (χ1v) is 10.6. The number of carbonyl (C=O) groups is 1. The molecule has 1 amide bonds. The molecule has 2 rings (SSSR count). The summed E-state index contributed by atoms with van der Waals surface area (Å²) in [5.74, 6) is 2.32. The van der Waals surface area contributed by atoms with Gasteiger partial charge in [-0.1, -0.05) is 39.5 Å². The van der Waals surface area contributed by atoms with Crippen LogP contribution in [0.2, 0.25) is 0 Å². The van der Waals surface area contributed by atoms with Crippen LogP contribution in [0.15, 0.2) is 4.99 Å². The van der Waals surface area contributed by atoms with Gasteiger partial charge < -0.3 is 15.5 Å². The van der Waals surface area contributed by atoms with Gasteiger partial charge in [-0.05, 0) is 18.8 Å². The van der Waals surface area contributed by atoms with Gasteiger partial charge in [-0.25, -0.2) is 0 Å². The summed E-state index contributed by atoms with van der Waals surface area (Å²) in [5, 5.41) is 6.85. The smallest absolute Gasteiger partial charge is 0.225 e. The first-order chi connectivity index (χ1) is 12.7. The van der Waals surface area contributed by atoms with E-state index >= 15 is 0 Å². The molecule has 0 spiro atoms. The van der Waals surface area contributed by atoms with Crippen molar-refractivity contribution in [2.45, 2.75) is 52.4 Å². The number of nitrogens with zero attached hydrogens (tertiary/aromatic N) is 3. The van der Waals surface area contributed by atoms with E-state index in [0.29, 0.717) is 17.7 Å². The third-order valence-corrected chi connectivity index (χ3v) is 6.05. The molecule has 2 fully saturated rings. The predicted octanol–water partition coefficient (Wildman–Crippen LogP) is 1.92. The van der Waals surface area contributed by atoms with Gasteiger partial charge in [0.1, 0.15) is 0 Å². The van der Waals surface area contributed by atoms with Gasteiger partial charge >= 0.3 is 0 Å². The van der Waals surface area contributed by atoms with Crippen molar-refractivity contribution in [2.75, 3.05) is 52.9 Å². The largest absolute Gasteiger partial charge is 0.356 e. The SMILES string of the molecule is CCC(CC)CNC(=NC)NCCN1CCN(C(=O)C2CCCC2)CC1. The van der Waals surface area contributed by atoms with Gasteiger partial charge in [0.05, 0.1) is 0 Å². The fourth-order valence-corrected chi connectivity index (χ4v) is 3.99. The molecule has 2 N–H and O–H groups in total. The summed E-state index contributed by atoms with van der Waals surface area (Å²) < 4.78 is 0. The first-order valence-electron chi connectivity index (χ1n) is 10.6. The lowest BCUT2D eigenvalue weighted by atomic mass is 10.0. The third kappa shape index (κ3) is 6.45. The van der Waals surface area contributed by atoms with E-state index < -0.39 is 0 Å². The van der Waals surface area contributed by atoms with Crippen LogP contribution >= 0.6 is 0 Å². The number of hydrogen-bond acceptors (Lipinski definition) is 3. The van der Waals surface area contributed by atoms with E-state index in [1.54, 1.807) is 0 Å². The van der Waals surface area contributed by atoms with Crippen molar-refractivity contribution in [3.63, 3.8) is 0 Å². The van der Waals surface area contributed by atoms with Gasteiger partial charge in [0.25, 0.3) is 0 Å².